The highest BCUT2D eigenvalue weighted by atomic mass is 79.9. The van der Waals surface area contributed by atoms with E-state index in [4.69, 9.17) is 11.6 Å². The number of benzene rings is 2. The van der Waals surface area contributed by atoms with Crippen LogP contribution in [0.3, 0.4) is 0 Å². The fourth-order valence-electron chi connectivity index (χ4n) is 3.91. The van der Waals surface area contributed by atoms with Gasteiger partial charge in [0, 0.05) is 21.5 Å². The van der Waals surface area contributed by atoms with E-state index in [2.05, 4.69) is 37.5 Å². The standard InChI is InChI=1S/C20H21BrClN2O/c21-16-7-11-18(12-8-16)24-19-4-2-1-3-13-23(19)14-20(24,25)15-5-9-17(22)10-6-15/h5-12,25H,1-4,13-14H2/q+1/t20-/m1/s1. The predicted molar refractivity (Wildman–Crippen MR) is 105 cm³/mol. The Labute approximate surface area is 161 Å². The molecule has 2 aliphatic rings. The highest BCUT2D eigenvalue weighted by Gasteiger charge is 2.53. The average Bonchev–Trinajstić information content (AvgIpc) is 2.74. The molecule has 0 fully saturated rings. The van der Waals surface area contributed by atoms with Crippen molar-refractivity contribution >= 4 is 39.1 Å². The van der Waals surface area contributed by atoms with E-state index in [1.807, 2.05) is 36.4 Å². The van der Waals surface area contributed by atoms with Gasteiger partial charge in [-0.3, -0.25) is 4.58 Å². The van der Waals surface area contributed by atoms with E-state index in [0.717, 1.165) is 35.1 Å². The molecule has 0 unspecified atom stereocenters. The summed E-state index contributed by atoms with van der Waals surface area (Å²) in [5.41, 5.74) is 0.811. The monoisotopic (exact) mass is 419 g/mol. The normalized spacial score (nSPS) is 23.6. The summed E-state index contributed by atoms with van der Waals surface area (Å²) in [6.07, 6.45) is 4.57. The summed E-state index contributed by atoms with van der Waals surface area (Å²) in [5, 5.41) is 12.5. The molecule has 0 aromatic heterocycles. The van der Waals surface area contributed by atoms with Crippen LogP contribution in [0.5, 0.6) is 0 Å². The zero-order chi connectivity index (χ0) is 17.4. The van der Waals surface area contributed by atoms with Gasteiger partial charge in [0.05, 0.1) is 6.54 Å². The van der Waals surface area contributed by atoms with Gasteiger partial charge >= 0.3 is 0 Å². The third-order valence-corrected chi connectivity index (χ3v) is 5.90. The molecule has 1 N–H and O–H groups in total. The molecule has 0 saturated carbocycles. The second-order valence-corrected chi connectivity index (χ2v) is 8.14. The van der Waals surface area contributed by atoms with Crippen LogP contribution in [0, 0.1) is 0 Å². The first-order chi connectivity index (χ1) is 12.1. The lowest BCUT2D eigenvalue weighted by atomic mass is 10.00. The molecule has 0 amide bonds. The van der Waals surface area contributed by atoms with Gasteiger partial charge in [0.15, 0.2) is 6.54 Å². The van der Waals surface area contributed by atoms with E-state index in [0.29, 0.717) is 11.6 Å². The molecule has 2 aromatic carbocycles. The van der Waals surface area contributed by atoms with Gasteiger partial charge in [-0.25, -0.2) is 0 Å². The van der Waals surface area contributed by atoms with E-state index in [9.17, 15) is 5.11 Å². The van der Waals surface area contributed by atoms with Crippen LogP contribution in [0.2, 0.25) is 5.02 Å². The number of hydrogen-bond donors (Lipinski definition) is 1. The van der Waals surface area contributed by atoms with Crippen LogP contribution in [-0.2, 0) is 5.72 Å². The van der Waals surface area contributed by atoms with Crippen LogP contribution in [0.25, 0.3) is 0 Å². The van der Waals surface area contributed by atoms with Crippen molar-refractivity contribution in [3.63, 3.8) is 0 Å². The molecule has 4 rings (SSSR count). The molecule has 2 aliphatic heterocycles. The molecule has 0 aliphatic carbocycles. The topological polar surface area (TPSA) is 26.5 Å². The molecule has 0 bridgehead atoms. The van der Waals surface area contributed by atoms with Crippen LogP contribution >= 0.6 is 27.5 Å². The summed E-state index contributed by atoms with van der Waals surface area (Å²) < 4.78 is 3.39. The first-order valence-electron chi connectivity index (χ1n) is 8.73. The van der Waals surface area contributed by atoms with Crippen LogP contribution in [0.15, 0.2) is 53.0 Å². The van der Waals surface area contributed by atoms with Crippen molar-refractivity contribution in [2.45, 2.75) is 31.4 Å². The van der Waals surface area contributed by atoms with E-state index < -0.39 is 5.72 Å². The highest BCUT2D eigenvalue weighted by molar-refractivity contribution is 9.10. The molecule has 2 heterocycles. The summed E-state index contributed by atoms with van der Waals surface area (Å²) >= 11 is 9.57. The third kappa shape index (κ3) is 3.12. The Kier molecular flexibility index (Phi) is 4.61. The van der Waals surface area contributed by atoms with E-state index in [1.54, 1.807) is 0 Å². The Morgan fingerprint density at radius 3 is 2.44 bits per heavy atom. The number of rotatable bonds is 2. The second kappa shape index (κ2) is 6.75. The van der Waals surface area contributed by atoms with Gasteiger partial charge in [-0.05, 0) is 55.7 Å². The fraction of sp³-hybridized carbons (Fsp3) is 0.350. The second-order valence-electron chi connectivity index (χ2n) is 6.78. The van der Waals surface area contributed by atoms with Gasteiger partial charge < -0.3 is 5.11 Å². The van der Waals surface area contributed by atoms with Gasteiger partial charge in [0.2, 0.25) is 0 Å². The van der Waals surface area contributed by atoms with Crippen LogP contribution in [0.4, 0.5) is 5.69 Å². The SMILES string of the molecule is O[C@@]1(c2ccc(Cl)cc2)C[N+]2=C(CCCCC2)N1c1ccc(Br)cc1. The first-order valence-corrected chi connectivity index (χ1v) is 9.90. The molecule has 25 heavy (non-hydrogen) atoms. The molecule has 0 saturated heterocycles. The maximum absolute atomic E-state index is 11.8. The fourth-order valence-corrected chi connectivity index (χ4v) is 4.30. The van der Waals surface area contributed by atoms with Crippen molar-refractivity contribution in [1.29, 1.82) is 0 Å². The lowest BCUT2D eigenvalue weighted by molar-refractivity contribution is -0.534. The van der Waals surface area contributed by atoms with E-state index in [1.165, 1.54) is 18.7 Å². The van der Waals surface area contributed by atoms with E-state index in [-0.39, 0.29) is 0 Å². The maximum atomic E-state index is 11.8. The van der Waals surface area contributed by atoms with Gasteiger partial charge in [0.25, 0.3) is 11.6 Å². The number of hydrogen-bond acceptors (Lipinski definition) is 2. The van der Waals surface area contributed by atoms with Crippen molar-refractivity contribution in [2.24, 2.45) is 0 Å². The molecule has 0 spiro atoms. The molecule has 5 heteroatoms. The summed E-state index contributed by atoms with van der Waals surface area (Å²) in [6.45, 7) is 1.58. The minimum Gasteiger partial charge on any atom is -0.346 e. The van der Waals surface area contributed by atoms with Gasteiger partial charge in [-0.2, -0.15) is 4.90 Å². The largest absolute Gasteiger partial charge is 0.346 e. The summed E-state index contributed by atoms with van der Waals surface area (Å²) in [7, 11) is 0. The van der Waals surface area contributed by atoms with E-state index >= 15 is 0 Å². The van der Waals surface area contributed by atoms with Crippen LogP contribution in [-0.4, -0.2) is 28.6 Å². The minimum atomic E-state index is -1.08. The summed E-state index contributed by atoms with van der Waals surface area (Å²) in [4.78, 5) is 2.12. The third-order valence-electron chi connectivity index (χ3n) is 5.12. The number of anilines is 1. The molecule has 2 aromatic rings. The lowest BCUT2D eigenvalue weighted by Gasteiger charge is -2.29. The van der Waals surface area contributed by atoms with Gasteiger partial charge in [0.1, 0.15) is 5.69 Å². The molecule has 130 valence electrons. The quantitative estimate of drug-likeness (QED) is 0.710. The summed E-state index contributed by atoms with van der Waals surface area (Å²) in [6, 6.07) is 15.7. The number of aliphatic hydroxyl groups is 1. The number of nitrogens with zero attached hydrogens (tertiary/aromatic N) is 2. The summed E-state index contributed by atoms with van der Waals surface area (Å²) in [5.74, 6) is 1.22. The Morgan fingerprint density at radius 2 is 1.72 bits per heavy atom. The van der Waals surface area contributed by atoms with Crippen molar-refractivity contribution < 1.29 is 9.68 Å². The Hall–Kier alpha value is -1.36. The highest BCUT2D eigenvalue weighted by Crippen LogP contribution is 2.38. The smallest absolute Gasteiger partial charge is 0.275 e. The number of halogens is 2. The van der Waals surface area contributed by atoms with Crippen LogP contribution < -0.4 is 4.90 Å². The van der Waals surface area contributed by atoms with Crippen LogP contribution in [0.1, 0.15) is 31.2 Å². The lowest BCUT2D eigenvalue weighted by Crippen LogP contribution is -2.47. The molecular formula is C20H21BrClN2O+. The van der Waals surface area contributed by atoms with Gasteiger partial charge in [-0.1, -0.05) is 39.7 Å². The minimum absolute atomic E-state index is 0.583. The maximum Gasteiger partial charge on any atom is 0.275 e. The predicted octanol–water partition coefficient (Wildman–Crippen LogP) is 4.75. The zero-order valence-corrected chi connectivity index (χ0v) is 16.3. The van der Waals surface area contributed by atoms with Crippen molar-refractivity contribution in [3.8, 4) is 0 Å². The average molecular weight is 421 g/mol. The molecule has 0 radical (unpaired) electrons. The molecule has 1 atom stereocenters. The number of amidine groups is 1. The first kappa shape index (κ1) is 17.1. The molecule has 3 nitrogen and oxygen atoms in total. The Morgan fingerprint density at radius 1 is 1.00 bits per heavy atom. The molecular weight excluding hydrogens is 400 g/mol. The van der Waals surface area contributed by atoms with Crippen molar-refractivity contribution in [3.05, 3.63) is 63.6 Å². The zero-order valence-electron chi connectivity index (χ0n) is 14.0. The van der Waals surface area contributed by atoms with Crippen molar-refractivity contribution in [2.75, 3.05) is 18.0 Å². The van der Waals surface area contributed by atoms with Crippen molar-refractivity contribution in [1.82, 2.24) is 0 Å². The Balaban J connectivity index is 1.83. The van der Waals surface area contributed by atoms with Gasteiger partial charge in [-0.15, -0.1) is 0 Å². The Bertz CT molecular complexity index is 803.